The van der Waals surface area contributed by atoms with Crippen LogP contribution in [0.1, 0.15) is 5.56 Å². The zero-order valence-electron chi connectivity index (χ0n) is 13.1. The lowest BCUT2D eigenvalue weighted by Crippen LogP contribution is -3.16. The van der Waals surface area contributed by atoms with Gasteiger partial charge in [-0.15, -0.1) is 0 Å². The van der Waals surface area contributed by atoms with E-state index in [2.05, 4.69) is 41.6 Å². The number of nitrogens with one attached hydrogen (secondary N) is 2. The van der Waals surface area contributed by atoms with E-state index in [-0.39, 0.29) is 6.04 Å². The van der Waals surface area contributed by atoms with Crippen LogP contribution in [0.4, 0.5) is 0 Å². The molecule has 0 aliphatic carbocycles. The molecule has 1 aromatic carbocycles. The number of likely N-dealkylation sites (N-methyl/N-ethyl adjacent to an activating group) is 1. The summed E-state index contributed by atoms with van der Waals surface area (Å²) in [4.78, 5) is 2.46. The molecule has 118 valence electrons. The van der Waals surface area contributed by atoms with Crippen LogP contribution >= 0.6 is 0 Å². The number of rotatable bonds is 8. The smallest absolute Gasteiger partial charge is 0.107 e. The van der Waals surface area contributed by atoms with Crippen LogP contribution in [-0.2, 0) is 11.2 Å². The molecule has 0 spiro atoms. The number of hydrogen-bond acceptors (Lipinski definition) is 4. The van der Waals surface area contributed by atoms with Gasteiger partial charge in [0.2, 0.25) is 0 Å². The van der Waals surface area contributed by atoms with Crippen LogP contribution in [0.2, 0.25) is 0 Å². The van der Waals surface area contributed by atoms with Gasteiger partial charge in [-0.25, -0.2) is 0 Å². The molecule has 5 nitrogen and oxygen atoms in total. The van der Waals surface area contributed by atoms with Crippen molar-refractivity contribution in [1.82, 2.24) is 10.3 Å². The summed E-state index contributed by atoms with van der Waals surface area (Å²) in [6.07, 6.45) is 0.921. The van der Waals surface area contributed by atoms with E-state index >= 15 is 0 Å². The normalized spacial score (nSPS) is 19.3. The van der Waals surface area contributed by atoms with Gasteiger partial charge in [0.05, 0.1) is 26.8 Å². The second-order valence-corrected chi connectivity index (χ2v) is 5.82. The Labute approximate surface area is 128 Å². The number of hydrogen-bond donors (Lipinski definition) is 3. The molecule has 1 saturated heterocycles. The van der Waals surface area contributed by atoms with Gasteiger partial charge in [-0.05, 0) is 12.0 Å². The predicted molar refractivity (Wildman–Crippen MR) is 85.1 cm³/mol. The average Bonchev–Trinajstić information content (AvgIpc) is 2.53. The minimum absolute atomic E-state index is 0.158. The topological polar surface area (TPSA) is 55.0 Å². The summed E-state index contributed by atoms with van der Waals surface area (Å²) >= 11 is 0. The number of benzene rings is 1. The van der Waals surface area contributed by atoms with Crippen LogP contribution in [0.15, 0.2) is 30.3 Å². The van der Waals surface area contributed by atoms with Gasteiger partial charge in [-0.2, -0.15) is 5.43 Å². The molecule has 1 heterocycles. The monoisotopic (exact) mass is 293 g/mol. The Bertz CT molecular complexity index is 381. The van der Waals surface area contributed by atoms with Crippen molar-refractivity contribution in [2.75, 3.05) is 53.0 Å². The number of ether oxygens (including phenoxy) is 1. The van der Waals surface area contributed by atoms with E-state index in [0.29, 0.717) is 0 Å². The zero-order valence-corrected chi connectivity index (χ0v) is 13.1. The van der Waals surface area contributed by atoms with Gasteiger partial charge in [0, 0.05) is 25.7 Å². The second-order valence-electron chi connectivity index (χ2n) is 5.82. The Kier molecular flexibility index (Phi) is 7.12. The van der Waals surface area contributed by atoms with Crippen LogP contribution in [0.3, 0.4) is 0 Å². The van der Waals surface area contributed by atoms with Crippen molar-refractivity contribution < 1.29 is 9.75 Å². The number of quaternary nitrogens is 1. The molecular weight excluding hydrogens is 264 g/mol. The molecule has 0 bridgehead atoms. The second kappa shape index (κ2) is 9.12. The van der Waals surface area contributed by atoms with Crippen molar-refractivity contribution in [2.45, 2.75) is 12.5 Å². The minimum Gasteiger partial charge on any atom is -0.379 e. The molecule has 1 unspecified atom stereocenters. The Hall–Kier alpha value is -0.980. The molecule has 0 aromatic heterocycles. The molecule has 1 aromatic rings. The third kappa shape index (κ3) is 6.54. The van der Waals surface area contributed by atoms with Gasteiger partial charge in [-0.1, -0.05) is 30.3 Å². The maximum Gasteiger partial charge on any atom is 0.107 e. The van der Waals surface area contributed by atoms with Gasteiger partial charge >= 0.3 is 0 Å². The third-order valence-corrected chi connectivity index (χ3v) is 3.91. The SMILES string of the molecule is C[NH+](CCN1CCOCC1)NC[C@@H](N)Cc1ccccc1. The first-order valence-corrected chi connectivity index (χ1v) is 7.90. The lowest BCUT2D eigenvalue weighted by atomic mass is 10.1. The number of nitrogens with two attached hydrogens (primary N) is 1. The standard InChI is InChI=1S/C16H28N4O/c1-19(7-8-20-9-11-21-12-10-20)18-14-16(17)13-15-5-3-2-4-6-15/h2-6,16,18H,7-14,17H2,1H3/p+1/t16-/m0/s1. The molecule has 4 N–H and O–H groups in total. The van der Waals surface area contributed by atoms with E-state index in [1.54, 1.807) is 0 Å². The van der Waals surface area contributed by atoms with E-state index in [1.807, 2.05) is 6.07 Å². The first-order valence-electron chi connectivity index (χ1n) is 7.90. The molecule has 0 radical (unpaired) electrons. The number of nitrogens with zero attached hydrogens (tertiary/aromatic N) is 1. The molecule has 2 rings (SSSR count). The summed E-state index contributed by atoms with van der Waals surface area (Å²) < 4.78 is 5.36. The Morgan fingerprint density at radius 1 is 1.29 bits per heavy atom. The number of morpholine rings is 1. The van der Waals surface area contributed by atoms with Gasteiger partial charge < -0.3 is 10.5 Å². The van der Waals surface area contributed by atoms with E-state index < -0.39 is 0 Å². The van der Waals surface area contributed by atoms with Crippen molar-refractivity contribution in [2.24, 2.45) is 5.73 Å². The van der Waals surface area contributed by atoms with Crippen molar-refractivity contribution in [3.05, 3.63) is 35.9 Å². The van der Waals surface area contributed by atoms with E-state index in [1.165, 1.54) is 10.6 Å². The van der Waals surface area contributed by atoms with Gasteiger partial charge in [0.1, 0.15) is 6.54 Å². The molecule has 1 fully saturated rings. The molecule has 1 aliphatic rings. The van der Waals surface area contributed by atoms with Crippen molar-refractivity contribution in [3.8, 4) is 0 Å². The molecule has 21 heavy (non-hydrogen) atoms. The highest BCUT2D eigenvalue weighted by Gasteiger charge is 2.13. The quantitative estimate of drug-likeness (QED) is 0.533. The highest BCUT2D eigenvalue weighted by atomic mass is 16.5. The summed E-state index contributed by atoms with van der Waals surface area (Å²) in [6.45, 7) is 6.88. The van der Waals surface area contributed by atoms with E-state index in [9.17, 15) is 0 Å². The summed E-state index contributed by atoms with van der Waals surface area (Å²) in [5.74, 6) is 0. The van der Waals surface area contributed by atoms with E-state index in [4.69, 9.17) is 10.5 Å². The van der Waals surface area contributed by atoms with Crippen molar-refractivity contribution >= 4 is 0 Å². The van der Waals surface area contributed by atoms with Crippen LogP contribution in [0, 0.1) is 0 Å². The van der Waals surface area contributed by atoms with Gasteiger partial charge in [-0.3, -0.25) is 9.91 Å². The zero-order chi connectivity index (χ0) is 14.9. The molecule has 0 saturated carbocycles. The summed E-state index contributed by atoms with van der Waals surface area (Å²) in [5, 5.41) is 1.32. The average molecular weight is 293 g/mol. The molecule has 0 amide bonds. The first-order chi connectivity index (χ1) is 10.2. The highest BCUT2D eigenvalue weighted by molar-refractivity contribution is 5.15. The molecule has 1 aliphatic heterocycles. The van der Waals surface area contributed by atoms with Gasteiger partial charge in [0.15, 0.2) is 0 Å². The maximum atomic E-state index is 6.19. The van der Waals surface area contributed by atoms with E-state index in [0.717, 1.165) is 52.4 Å². The predicted octanol–water partition coefficient (Wildman–Crippen LogP) is -1.09. The molecule has 5 heteroatoms. The largest absolute Gasteiger partial charge is 0.379 e. The van der Waals surface area contributed by atoms with Gasteiger partial charge in [0.25, 0.3) is 0 Å². The maximum absolute atomic E-state index is 6.19. The summed E-state index contributed by atoms with van der Waals surface area (Å²) in [5.41, 5.74) is 11.0. The van der Waals surface area contributed by atoms with Crippen molar-refractivity contribution in [3.63, 3.8) is 0 Å². The molecular formula is C16H29N4O+. The molecule has 2 atom stereocenters. The first kappa shape index (κ1) is 16.4. The summed E-state index contributed by atoms with van der Waals surface area (Å²) in [7, 11) is 2.16. The summed E-state index contributed by atoms with van der Waals surface area (Å²) in [6, 6.07) is 10.6. The fourth-order valence-electron chi connectivity index (χ4n) is 2.53. The van der Waals surface area contributed by atoms with Crippen LogP contribution < -0.4 is 16.2 Å². The Morgan fingerprint density at radius 3 is 2.71 bits per heavy atom. The lowest BCUT2D eigenvalue weighted by Gasteiger charge is -2.27. The third-order valence-electron chi connectivity index (χ3n) is 3.91. The minimum atomic E-state index is 0.158. The highest BCUT2D eigenvalue weighted by Crippen LogP contribution is 2.00. The Balaban J connectivity index is 1.58. The fraction of sp³-hybridized carbons (Fsp3) is 0.625. The van der Waals surface area contributed by atoms with Crippen molar-refractivity contribution in [1.29, 1.82) is 0 Å². The van der Waals surface area contributed by atoms with Crippen LogP contribution in [0.5, 0.6) is 0 Å². The lowest BCUT2D eigenvalue weighted by molar-refractivity contribution is -0.925. The van der Waals surface area contributed by atoms with Crippen LogP contribution in [-0.4, -0.2) is 63.9 Å². The van der Waals surface area contributed by atoms with Crippen LogP contribution in [0.25, 0.3) is 0 Å². The Morgan fingerprint density at radius 2 is 2.00 bits per heavy atom. The fourth-order valence-corrected chi connectivity index (χ4v) is 2.53.